The van der Waals surface area contributed by atoms with Gasteiger partial charge in [-0.3, -0.25) is 9.59 Å². The molecule has 1 aromatic heterocycles. The highest BCUT2D eigenvalue weighted by atomic mass is 16.2. The SMILES string of the molecule is CCCNC(=O)c1nc(C(=O)NCCCN(C)C)c2n1CCCC2. The zero-order valence-electron chi connectivity index (χ0n) is 15.0. The molecule has 1 aromatic rings. The first-order chi connectivity index (χ1) is 11.5. The maximum atomic E-state index is 12.5. The van der Waals surface area contributed by atoms with Gasteiger partial charge in [0.05, 0.1) is 5.69 Å². The van der Waals surface area contributed by atoms with Crippen LogP contribution in [0.4, 0.5) is 0 Å². The van der Waals surface area contributed by atoms with Gasteiger partial charge in [0.2, 0.25) is 0 Å². The smallest absolute Gasteiger partial charge is 0.287 e. The van der Waals surface area contributed by atoms with E-state index in [1.54, 1.807) is 0 Å². The fraction of sp³-hybridized carbons (Fsp3) is 0.706. The Labute approximate surface area is 143 Å². The first kappa shape index (κ1) is 18.4. The number of aromatic nitrogens is 2. The number of imidazole rings is 1. The first-order valence-electron chi connectivity index (χ1n) is 8.85. The molecule has 2 amide bonds. The van der Waals surface area contributed by atoms with Gasteiger partial charge in [-0.1, -0.05) is 6.92 Å². The summed E-state index contributed by atoms with van der Waals surface area (Å²) in [5.41, 5.74) is 1.31. The van der Waals surface area contributed by atoms with E-state index in [2.05, 4.69) is 20.5 Å². The minimum Gasteiger partial charge on any atom is -0.351 e. The van der Waals surface area contributed by atoms with E-state index in [-0.39, 0.29) is 11.8 Å². The average molecular weight is 335 g/mol. The molecule has 0 aliphatic carbocycles. The predicted octanol–water partition coefficient (Wildman–Crippen LogP) is 1.04. The van der Waals surface area contributed by atoms with E-state index in [4.69, 9.17) is 0 Å². The molecule has 0 aromatic carbocycles. The molecule has 7 heteroatoms. The van der Waals surface area contributed by atoms with Crippen LogP contribution < -0.4 is 10.6 Å². The van der Waals surface area contributed by atoms with Crippen molar-refractivity contribution in [2.45, 2.75) is 45.6 Å². The molecule has 2 heterocycles. The quantitative estimate of drug-likeness (QED) is 0.696. The van der Waals surface area contributed by atoms with Gasteiger partial charge in [-0.15, -0.1) is 0 Å². The number of carbonyl (C=O) groups is 2. The van der Waals surface area contributed by atoms with Crippen LogP contribution in [0.3, 0.4) is 0 Å². The lowest BCUT2D eigenvalue weighted by molar-refractivity contribution is 0.0937. The summed E-state index contributed by atoms with van der Waals surface area (Å²) < 4.78 is 1.92. The molecule has 0 spiro atoms. The van der Waals surface area contributed by atoms with E-state index < -0.39 is 0 Å². The zero-order chi connectivity index (χ0) is 17.5. The van der Waals surface area contributed by atoms with Gasteiger partial charge in [0.15, 0.2) is 5.82 Å². The zero-order valence-corrected chi connectivity index (χ0v) is 15.0. The second kappa shape index (κ2) is 8.82. The molecule has 1 aliphatic heterocycles. The Morgan fingerprint density at radius 1 is 1.17 bits per heavy atom. The standard InChI is InChI=1S/C17H29N5O2/c1-4-9-18-17(24)15-20-14(13-8-5-6-12-22(13)15)16(23)19-10-7-11-21(2)3/h4-12H2,1-3H3,(H,18,24)(H,19,23). The third-order valence-corrected chi connectivity index (χ3v) is 4.14. The molecule has 0 saturated heterocycles. The predicted molar refractivity (Wildman–Crippen MR) is 93.3 cm³/mol. The lowest BCUT2D eigenvalue weighted by Gasteiger charge is -2.17. The van der Waals surface area contributed by atoms with Crippen LogP contribution in [0.25, 0.3) is 0 Å². The summed E-state index contributed by atoms with van der Waals surface area (Å²) >= 11 is 0. The molecule has 2 rings (SSSR count). The summed E-state index contributed by atoms with van der Waals surface area (Å²) in [5.74, 6) is 0.0113. The van der Waals surface area contributed by atoms with Crippen molar-refractivity contribution in [1.82, 2.24) is 25.1 Å². The average Bonchev–Trinajstić information content (AvgIpc) is 2.96. The Morgan fingerprint density at radius 2 is 1.92 bits per heavy atom. The highest BCUT2D eigenvalue weighted by Crippen LogP contribution is 2.21. The third kappa shape index (κ3) is 4.56. The fourth-order valence-electron chi connectivity index (χ4n) is 2.90. The maximum Gasteiger partial charge on any atom is 0.287 e. The van der Waals surface area contributed by atoms with Gasteiger partial charge in [-0.2, -0.15) is 0 Å². The lowest BCUT2D eigenvalue weighted by atomic mass is 10.1. The molecule has 1 aliphatic rings. The Kier molecular flexibility index (Phi) is 6.78. The van der Waals surface area contributed by atoms with E-state index in [1.807, 2.05) is 25.6 Å². The molecule has 7 nitrogen and oxygen atoms in total. The summed E-state index contributed by atoms with van der Waals surface area (Å²) in [6.45, 7) is 4.92. The van der Waals surface area contributed by atoms with Crippen molar-refractivity contribution in [3.63, 3.8) is 0 Å². The molecule has 134 valence electrons. The highest BCUT2D eigenvalue weighted by molar-refractivity contribution is 5.97. The van der Waals surface area contributed by atoms with Crippen LogP contribution in [-0.4, -0.2) is 60.0 Å². The van der Waals surface area contributed by atoms with Gasteiger partial charge in [-0.25, -0.2) is 4.98 Å². The van der Waals surface area contributed by atoms with Crippen LogP contribution in [0.2, 0.25) is 0 Å². The van der Waals surface area contributed by atoms with Gasteiger partial charge in [0, 0.05) is 19.6 Å². The summed E-state index contributed by atoms with van der Waals surface area (Å²) in [7, 11) is 4.02. The maximum absolute atomic E-state index is 12.5. The number of rotatable bonds is 8. The van der Waals surface area contributed by atoms with Gasteiger partial charge in [0.25, 0.3) is 11.8 Å². The lowest BCUT2D eigenvalue weighted by Crippen LogP contribution is -2.28. The van der Waals surface area contributed by atoms with Gasteiger partial charge in [-0.05, 0) is 52.7 Å². The minimum atomic E-state index is -0.188. The Bertz CT molecular complexity index is 580. The molecule has 0 saturated carbocycles. The largest absolute Gasteiger partial charge is 0.351 e. The van der Waals surface area contributed by atoms with Crippen molar-refractivity contribution in [2.24, 2.45) is 0 Å². The molecular weight excluding hydrogens is 306 g/mol. The summed E-state index contributed by atoms with van der Waals surface area (Å²) in [5, 5.41) is 5.78. The van der Waals surface area contributed by atoms with Crippen molar-refractivity contribution in [3.8, 4) is 0 Å². The summed E-state index contributed by atoms with van der Waals surface area (Å²) in [4.78, 5) is 31.3. The normalized spacial score (nSPS) is 13.7. The monoisotopic (exact) mass is 335 g/mol. The first-order valence-corrected chi connectivity index (χ1v) is 8.85. The van der Waals surface area contributed by atoms with Gasteiger partial charge < -0.3 is 20.1 Å². The van der Waals surface area contributed by atoms with Crippen molar-refractivity contribution in [2.75, 3.05) is 33.7 Å². The topological polar surface area (TPSA) is 79.3 Å². The van der Waals surface area contributed by atoms with E-state index in [1.165, 1.54) is 0 Å². The molecule has 2 N–H and O–H groups in total. The van der Waals surface area contributed by atoms with Gasteiger partial charge in [0.1, 0.15) is 5.69 Å². The number of nitrogens with one attached hydrogen (secondary N) is 2. The molecule has 0 unspecified atom stereocenters. The molecule has 0 radical (unpaired) electrons. The van der Waals surface area contributed by atoms with Crippen LogP contribution in [0, 0.1) is 0 Å². The Hall–Kier alpha value is -1.89. The second-order valence-electron chi connectivity index (χ2n) is 6.51. The van der Waals surface area contributed by atoms with Gasteiger partial charge >= 0.3 is 0 Å². The van der Waals surface area contributed by atoms with E-state index in [0.717, 1.165) is 50.9 Å². The molecule has 24 heavy (non-hydrogen) atoms. The summed E-state index contributed by atoms with van der Waals surface area (Å²) in [6.07, 6.45) is 4.61. The van der Waals surface area contributed by atoms with E-state index in [9.17, 15) is 9.59 Å². The number of hydrogen-bond donors (Lipinski definition) is 2. The van der Waals surface area contributed by atoms with Crippen LogP contribution in [0.1, 0.15) is 59.4 Å². The number of carbonyl (C=O) groups excluding carboxylic acids is 2. The number of nitrogens with zero attached hydrogens (tertiary/aromatic N) is 3. The summed E-state index contributed by atoms with van der Waals surface area (Å²) in [6, 6.07) is 0. The highest BCUT2D eigenvalue weighted by Gasteiger charge is 2.27. The number of amides is 2. The van der Waals surface area contributed by atoms with Crippen molar-refractivity contribution in [1.29, 1.82) is 0 Å². The second-order valence-corrected chi connectivity index (χ2v) is 6.51. The van der Waals surface area contributed by atoms with Crippen molar-refractivity contribution < 1.29 is 9.59 Å². The third-order valence-electron chi connectivity index (χ3n) is 4.14. The molecule has 0 bridgehead atoms. The van der Waals surface area contributed by atoms with Crippen molar-refractivity contribution in [3.05, 3.63) is 17.2 Å². The molecular formula is C17H29N5O2. The Morgan fingerprint density at radius 3 is 2.62 bits per heavy atom. The van der Waals surface area contributed by atoms with E-state index in [0.29, 0.717) is 24.6 Å². The van der Waals surface area contributed by atoms with Crippen LogP contribution >= 0.6 is 0 Å². The number of fused-ring (bicyclic) bond motifs is 1. The van der Waals surface area contributed by atoms with Crippen LogP contribution in [0.15, 0.2) is 0 Å². The Balaban J connectivity index is 2.10. The van der Waals surface area contributed by atoms with Crippen molar-refractivity contribution >= 4 is 11.8 Å². The fourth-order valence-corrected chi connectivity index (χ4v) is 2.90. The minimum absolute atomic E-state index is 0.172. The van der Waals surface area contributed by atoms with Crippen LogP contribution in [0.5, 0.6) is 0 Å². The van der Waals surface area contributed by atoms with E-state index >= 15 is 0 Å². The van der Waals surface area contributed by atoms with Crippen LogP contribution in [-0.2, 0) is 13.0 Å². The molecule has 0 atom stereocenters. The molecule has 0 fully saturated rings. The number of hydrogen-bond acceptors (Lipinski definition) is 4.